The predicted octanol–water partition coefficient (Wildman–Crippen LogP) is 2.31. The van der Waals surface area contributed by atoms with Crippen LogP contribution in [0.3, 0.4) is 0 Å². The highest BCUT2D eigenvalue weighted by molar-refractivity contribution is 9.10. The summed E-state index contributed by atoms with van der Waals surface area (Å²) < 4.78 is 1.99. The zero-order valence-corrected chi connectivity index (χ0v) is 11.7. The van der Waals surface area contributed by atoms with Crippen LogP contribution in [0.15, 0.2) is 15.5 Å². The minimum atomic E-state index is -0.0652. The normalized spacial score (nSPS) is 17.6. The van der Waals surface area contributed by atoms with Gasteiger partial charge in [-0.25, -0.2) is 4.68 Å². The summed E-state index contributed by atoms with van der Waals surface area (Å²) in [7, 11) is 1.67. The van der Waals surface area contributed by atoms with Crippen LogP contribution in [-0.2, 0) is 7.05 Å². The molecule has 0 atom stereocenters. The molecule has 1 aromatic heterocycles. The third-order valence-electron chi connectivity index (χ3n) is 3.26. The molecule has 1 aromatic rings. The standard InChI is InChI=1S/C12H18BrN3O/c1-15-12(17)11(13)10(9-14-15)16-7-5-3-2-4-6-8-16/h9H,2-8H2,1H3. The summed E-state index contributed by atoms with van der Waals surface area (Å²) in [5.41, 5.74) is 0.875. The molecule has 17 heavy (non-hydrogen) atoms. The Morgan fingerprint density at radius 3 is 2.41 bits per heavy atom. The van der Waals surface area contributed by atoms with Gasteiger partial charge in [-0.3, -0.25) is 4.79 Å². The molecular weight excluding hydrogens is 282 g/mol. The molecule has 0 aliphatic carbocycles. The smallest absolute Gasteiger partial charge is 0.282 e. The number of halogens is 1. The number of aromatic nitrogens is 2. The molecule has 0 amide bonds. The largest absolute Gasteiger partial charge is 0.369 e. The number of nitrogens with zero attached hydrogens (tertiary/aromatic N) is 3. The molecule has 0 aromatic carbocycles. The molecule has 1 saturated heterocycles. The van der Waals surface area contributed by atoms with Crippen LogP contribution in [0.25, 0.3) is 0 Å². The van der Waals surface area contributed by atoms with Gasteiger partial charge in [0, 0.05) is 20.1 Å². The van der Waals surface area contributed by atoms with Crippen molar-refractivity contribution < 1.29 is 0 Å². The van der Waals surface area contributed by atoms with Crippen LogP contribution >= 0.6 is 15.9 Å². The fourth-order valence-corrected chi connectivity index (χ4v) is 2.82. The predicted molar refractivity (Wildman–Crippen MR) is 72.5 cm³/mol. The van der Waals surface area contributed by atoms with Gasteiger partial charge in [-0.1, -0.05) is 19.3 Å². The molecule has 1 fully saturated rings. The van der Waals surface area contributed by atoms with Crippen molar-refractivity contribution in [2.75, 3.05) is 18.0 Å². The summed E-state index contributed by atoms with van der Waals surface area (Å²) in [6, 6.07) is 0. The molecule has 0 N–H and O–H groups in total. The van der Waals surface area contributed by atoms with Gasteiger partial charge in [-0.2, -0.15) is 5.10 Å². The van der Waals surface area contributed by atoms with Gasteiger partial charge in [-0.15, -0.1) is 0 Å². The number of aryl methyl sites for hydroxylation is 1. The van der Waals surface area contributed by atoms with Crippen molar-refractivity contribution >= 4 is 21.6 Å². The quantitative estimate of drug-likeness (QED) is 0.799. The van der Waals surface area contributed by atoms with Crippen molar-refractivity contribution in [3.63, 3.8) is 0 Å². The Balaban J connectivity index is 2.25. The maximum absolute atomic E-state index is 11.8. The molecular formula is C12H18BrN3O. The highest BCUT2D eigenvalue weighted by Gasteiger charge is 2.15. The molecule has 5 heteroatoms. The molecule has 0 bridgehead atoms. The van der Waals surface area contributed by atoms with Crippen molar-refractivity contribution in [3.8, 4) is 0 Å². The van der Waals surface area contributed by atoms with Crippen molar-refractivity contribution in [3.05, 3.63) is 21.0 Å². The van der Waals surface area contributed by atoms with Crippen LogP contribution in [0, 0.1) is 0 Å². The maximum atomic E-state index is 11.8. The molecule has 0 unspecified atom stereocenters. The Bertz CT molecular complexity index is 436. The molecule has 0 radical (unpaired) electrons. The van der Waals surface area contributed by atoms with Gasteiger partial charge in [0.2, 0.25) is 0 Å². The van der Waals surface area contributed by atoms with Crippen molar-refractivity contribution in [2.45, 2.75) is 32.1 Å². The van der Waals surface area contributed by atoms with E-state index in [0.717, 1.165) is 18.8 Å². The molecule has 0 spiro atoms. The van der Waals surface area contributed by atoms with Crippen LogP contribution in [0.4, 0.5) is 5.69 Å². The second-order valence-electron chi connectivity index (χ2n) is 4.53. The first-order chi connectivity index (χ1) is 8.20. The van der Waals surface area contributed by atoms with Crippen molar-refractivity contribution in [2.24, 2.45) is 7.05 Å². The van der Waals surface area contributed by atoms with E-state index in [1.54, 1.807) is 13.2 Å². The summed E-state index contributed by atoms with van der Waals surface area (Å²) in [5.74, 6) is 0. The van der Waals surface area contributed by atoms with Crippen molar-refractivity contribution in [1.82, 2.24) is 9.78 Å². The van der Waals surface area contributed by atoms with Crippen LogP contribution < -0.4 is 10.5 Å². The third-order valence-corrected chi connectivity index (χ3v) is 4.00. The van der Waals surface area contributed by atoms with E-state index in [4.69, 9.17) is 0 Å². The van der Waals surface area contributed by atoms with E-state index >= 15 is 0 Å². The van der Waals surface area contributed by atoms with Gasteiger partial charge in [0.1, 0.15) is 4.47 Å². The van der Waals surface area contributed by atoms with Crippen LogP contribution in [0.5, 0.6) is 0 Å². The molecule has 2 rings (SSSR count). The number of anilines is 1. The van der Waals surface area contributed by atoms with E-state index in [9.17, 15) is 4.79 Å². The van der Waals surface area contributed by atoms with Gasteiger partial charge in [-0.05, 0) is 28.8 Å². The zero-order valence-electron chi connectivity index (χ0n) is 10.2. The number of hydrogen-bond donors (Lipinski definition) is 0. The van der Waals surface area contributed by atoms with Gasteiger partial charge in [0.05, 0.1) is 11.9 Å². The lowest BCUT2D eigenvalue weighted by Gasteiger charge is -2.27. The summed E-state index contributed by atoms with van der Waals surface area (Å²) in [6.07, 6.45) is 8.08. The van der Waals surface area contributed by atoms with E-state index in [-0.39, 0.29) is 5.56 Å². The first-order valence-corrected chi connectivity index (χ1v) is 6.96. The lowest BCUT2D eigenvalue weighted by atomic mass is 10.1. The van der Waals surface area contributed by atoms with E-state index in [0.29, 0.717) is 4.47 Å². The molecule has 4 nitrogen and oxygen atoms in total. The second-order valence-corrected chi connectivity index (χ2v) is 5.32. The Morgan fingerprint density at radius 2 is 1.76 bits per heavy atom. The van der Waals surface area contributed by atoms with Gasteiger partial charge < -0.3 is 4.90 Å². The lowest BCUT2D eigenvalue weighted by molar-refractivity contribution is 0.554. The van der Waals surface area contributed by atoms with E-state index < -0.39 is 0 Å². The molecule has 94 valence electrons. The monoisotopic (exact) mass is 299 g/mol. The molecule has 2 heterocycles. The van der Waals surface area contributed by atoms with E-state index in [1.165, 1.54) is 36.8 Å². The summed E-state index contributed by atoms with van der Waals surface area (Å²) in [4.78, 5) is 14.1. The number of rotatable bonds is 1. The second kappa shape index (κ2) is 5.67. The summed E-state index contributed by atoms with van der Waals surface area (Å²) in [6.45, 7) is 2.04. The fraction of sp³-hybridized carbons (Fsp3) is 0.667. The zero-order chi connectivity index (χ0) is 12.3. The average molecular weight is 300 g/mol. The van der Waals surface area contributed by atoms with Crippen molar-refractivity contribution in [1.29, 1.82) is 0 Å². The topological polar surface area (TPSA) is 38.1 Å². The molecule has 0 saturated carbocycles. The highest BCUT2D eigenvalue weighted by Crippen LogP contribution is 2.23. The van der Waals surface area contributed by atoms with E-state index in [1.807, 2.05) is 0 Å². The fourth-order valence-electron chi connectivity index (χ4n) is 2.21. The average Bonchev–Trinajstić information content (AvgIpc) is 2.27. The molecule has 1 aliphatic rings. The first kappa shape index (κ1) is 12.6. The van der Waals surface area contributed by atoms with Gasteiger partial charge in [0.15, 0.2) is 0 Å². The molecule has 1 aliphatic heterocycles. The van der Waals surface area contributed by atoms with Crippen LogP contribution in [0.1, 0.15) is 32.1 Å². The van der Waals surface area contributed by atoms with Crippen LogP contribution in [0.2, 0.25) is 0 Å². The van der Waals surface area contributed by atoms with E-state index in [2.05, 4.69) is 25.9 Å². The summed E-state index contributed by atoms with van der Waals surface area (Å²) in [5, 5.41) is 4.10. The third kappa shape index (κ3) is 2.89. The SMILES string of the molecule is Cn1ncc(N2CCCCCCC2)c(Br)c1=O. The first-order valence-electron chi connectivity index (χ1n) is 6.17. The summed E-state index contributed by atoms with van der Waals surface area (Å²) >= 11 is 3.40. The maximum Gasteiger partial charge on any atom is 0.282 e. The van der Waals surface area contributed by atoms with Gasteiger partial charge >= 0.3 is 0 Å². The lowest BCUT2D eigenvalue weighted by Crippen LogP contribution is -2.31. The van der Waals surface area contributed by atoms with Gasteiger partial charge in [0.25, 0.3) is 5.56 Å². The Hall–Kier alpha value is -0.840. The number of hydrogen-bond acceptors (Lipinski definition) is 3. The Labute approximate surface area is 110 Å². The van der Waals surface area contributed by atoms with Crippen LogP contribution in [-0.4, -0.2) is 22.9 Å². The Kier molecular flexibility index (Phi) is 4.20. The minimum Gasteiger partial charge on any atom is -0.369 e. The Morgan fingerprint density at radius 1 is 1.18 bits per heavy atom. The minimum absolute atomic E-state index is 0.0652. The highest BCUT2D eigenvalue weighted by atomic mass is 79.9.